The summed E-state index contributed by atoms with van der Waals surface area (Å²) in [7, 11) is -3.20. The summed E-state index contributed by atoms with van der Waals surface area (Å²) in [5.74, 6) is 0.513. The van der Waals surface area contributed by atoms with Crippen LogP contribution < -0.4 is 5.32 Å². The molecule has 2 aliphatic rings. The molecule has 0 spiro atoms. The second-order valence-electron chi connectivity index (χ2n) is 6.03. The Morgan fingerprint density at radius 3 is 2.91 bits per heavy atom. The summed E-state index contributed by atoms with van der Waals surface area (Å²) in [6.45, 7) is 2.19. The highest BCUT2D eigenvalue weighted by molar-refractivity contribution is 8.00. The molecular weight excluding hydrogens is 314 g/mol. The third kappa shape index (κ3) is 3.82. The SMILES string of the molecule is O=C(NCC[C@@H]1CCOC1)c1cccc(C2=CCCS2(=O)=O)c1. The standard InChI is InChI=1S/C17H21NO4S/c19-17(18-8-6-13-7-9-22-12-13)15-4-1-3-14(11-15)16-5-2-10-23(16,20)21/h1,3-5,11,13H,2,6-10,12H2,(H,18,19)/t13-/m1/s1. The lowest BCUT2D eigenvalue weighted by Crippen LogP contribution is -2.26. The van der Waals surface area contributed by atoms with Gasteiger partial charge in [-0.1, -0.05) is 18.2 Å². The second kappa shape index (κ2) is 6.84. The van der Waals surface area contributed by atoms with Crippen LogP contribution in [0.15, 0.2) is 30.3 Å². The van der Waals surface area contributed by atoms with Crippen molar-refractivity contribution in [3.8, 4) is 0 Å². The first kappa shape index (κ1) is 16.2. The molecule has 0 unspecified atom stereocenters. The molecule has 1 N–H and O–H groups in total. The Kier molecular flexibility index (Phi) is 4.82. The van der Waals surface area contributed by atoms with Crippen LogP contribution in [-0.2, 0) is 14.6 Å². The largest absolute Gasteiger partial charge is 0.381 e. The van der Waals surface area contributed by atoms with Crippen molar-refractivity contribution in [1.82, 2.24) is 5.32 Å². The zero-order valence-corrected chi connectivity index (χ0v) is 13.8. The molecule has 3 rings (SSSR count). The number of carbonyl (C=O) groups excluding carboxylic acids is 1. The van der Waals surface area contributed by atoms with Crippen molar-refractivity contribution < 1.29 is 17.9 Å². The van der Waals surface area contributed by atoms with E-state index in [1.165, 1.54) is 0 Å². The fourth-order valence-corrected chi connectivity index (χ4v) is 4.50. The van der Waals surface area contributed by atoms with Gasteiger partial charge in [0, 0.05) is 25.3 Å². The van der Waals surface area contributed by atoms with Gasteiger partial charge < -0.3 is 10.1 Å². The van der Waals surface area contributed by atoms with Gasteiger partial charge in [0.2, 0.25) is 0 Å². The summed E-state index contributed by atoms with van der Waals surface area (Å²) < 4.78 is 29.3. The molecule has 1 amide bonds. The summed E-state index contributed by atoms with van der Waals surface area (Å²) in [5.41, 5.74) is 1.09. The van der Waals surface area contributed by atoms with Gasteiger partial charge in [0.15, 0.2) is 9.84 Å². The van der Waals surface area contributed by atoms with Gasteiger partial charge in [0.05, 0.1) is 10.7 Å². The molecule has 0 bridgehead atoms. The normalized spacial score (nSPS) is 22.8. The van der Waals surface area contributed by atoms with Gasteiger partial charge in [-0.25, -0.2) is 8.42 Å². The minimum absolute atomic E-state index is 0.155. The summed E-state index contributed by atoms with van der Waals surface area (Å²) in [6, 6.07) is 6.83. The Morgan fingerprint density at radius 1 is 1.35 bits per heavy atom. The summed E-state index contributed by atoms with van der Waals surface area (Å²) >= 11 is 0. The minimum Gasteiger partial charge on any atom is -0.381 e. The van der Waals surface area contributed by atoms with Crippen LogP contribution in [0.5, 0.6) is 0 Å². The first-order valence-electron chi connectivity index (χ1n) is 7.95. The van der Waals surface area contributed by atoms with E-state index < -0.39 is 9.84 Å². The fourth-order valence-electron chi connectivity index (χ4n) is 3.00. The van der Waals surface area contributed by atoms with Gasteiger partial charge in [0.1, 0.15) is 0 Å². The van der Waals surface area contributed by atoms with Crippen molar-refractivity contribution in [3.05, 3.63) is 41.5 Å². The van der Waals surface area contributed by atoms with Crippen molar-refractivity contribution >= 4 is 20.6 Å². The van der Waals surface area contributed by atoms with E-state index in [1.807, 2.05) is 0 Å². The molecule has 0 saturated carbocycles. The molecule has 0 radical (unpaired) electrons. The number of nitrogens with one attached hydrogen (secondary N) is 1. The van der Waals surface area contributed by atoms with E-state index in [0.29, 0.717) is 34.9 Å². The molecule has 1 aromatic carbocycles. The van der Waals surface area contributed by atoms with Crippen LogP contribution in [0.25, 0.3) is 4.91 Å². The quantitative estimate of drug-likeness (QED) is 0.893. The number of sulfone groups is 1. The molecule has 2 heterocycles. The molecule has 1 aromatic rings. The highest BCUT2D eigenvalue weighted by atomic mass is 32.2. The first-order chi connectivity index (χ1) is 11.1. The van der Waals surface area contributed by atoms with E-state index in [4.69, 9.17) is 4.74 Å². The van der Waals surface area contributed by atoms with Crippen LogP contribution in [-0.4, -0.2) is 39.8 Å². The summed E-state index contributed by atoms with van der Waals surface area (Å²) in [4.78, 5) is 12.6. The topological polar surface area (TPSA) is 72.5 Å². The van der Waals surface area contributed by atoms with Crippen molar-refractivity contribution in [1.29, 1.82) is 0 Å². The van der Waals surface area contributed by atoms with E-state index in [-0.39, 0.29) is 11.7 Å². The number of rotatable bonds is 5. The number of amides is 1. The van der Waals surface area contributed by atoms with Crippen LogP contribution in [0.3, 0.4) is 0 Å². The molecule has 1 fully saturated rings. The average molecular weight is 335 g/mol. The first-order valence-corrected chi connectivity index (χ1v) is 9.61. The van der Waals surface area contributed by atoms with Crippen LogP contribution in [0.4, 0.5) is 0 Å². The molecule has 5 nitrogen and oxygen atoms in total. The van der Waals surface area contributed by atoms with Gasteiger partial charge in [0.25, 0.3) is 5.91 Å². The van der Waals surface area contributed by atoms with E-state index in [1.54, 1.807) is 30.3 Å². The maximum atomic E-state index is 12.2. The molecule has 6 heteroatoms. The zero-order chi connectivity index (χ0) is 16.3. The van der Waals surface area contributed by atoms with Gasteiger partial charge in [-0.3, -0.25) is 4.79 Å². The number of benzene rings is 1. The Bertz CT molecular complexity index is 718. The Labute approximate surface area is 136 Å². The van der Waals surface area contributed by atoms with Crippen molar-refractivity contribution in [2.45, 2.75) is 19.3 Å². The van der Waals surface area contributed by atoms with E-state index in [9.17, 15) is 13.2 Å². The van der Waals surface area contributed by atoms with Crippen LogP contribution >= 0.6 is 0 Å². The van der Waals surface area contributed by atoms with E-state index >= 15 is 0 Å². The molecule has 1 atom stereocenters. The zero-order valence-electron chi connectivity index (χ0n) is 13.0. The molecule has 0 aromatic heterocycles. The molecule has 1 saturated heterocycles. The minimum atomic E-state index is -3.20. The Balaban J connectivity index is 1.63. The lowest BCUT2D eigenvalue weighted by molar-refractivity contribution is 0.0950. The lowest BCUT2D eigenvalue weighted by atomic mass is 10.1. The number of ether oxygens (including phenoxy) is 1. The summed E-state index contributed by atoms with van der Waals surface area (Å²) in [6.07, 6.45) is 4.23. The predicted molar refractivity (Wildman–Crippen MR) is 88.7 cm³/mol. The van der Waals surface area contributed by atoms with Gasteiger partial charge in [-0.2, -0.15) is 0 Å². The maximum Gasteiger partial charge on any atom is 0.251 e. The van der Waals surface area contributed by atoms with Gasteiger partial charge in [-0.15, -0.1) is 0 Å². The average Bonchev–Trinajstić information content (AvgIpc) is 3.16. The van der Waals surface area contributed by atoms with Crippen LogP contribution in [0.2, 0.25) is 0 Å². The Morgan fingerprint density at radius 2 is 2.22 bits per heavy atom. The van der Waals surface area contributed by atoms with Gasteiger partial charge >= 0.3 is 0 Å². The number of carbonyl (C=O) groups is 1. The number of hydrogen-bond donors (Lipinski definition) is 1. The molecule has 23 heavy (non-hydrogen) atoms. The van der Waals surface area contributed by atoms with Gasteiger partial charge in [-0.05, 0) is 42.9 Å². The molecule has 124 valence electrons. The van der Waals surface area contributed by atoms with Crippen molar-refractivity contribution in [2.75, 3.05) is 25.5 Å². The maximum absolute atomic E-state index is 12.2. The van der Waals surface area contributed by atoms with Crippen molar-refractivity contribution in [2.24, 2.45) is 5.92 Å². The number of hydrogen-bond acceptors (Lipinski definition) is 4. The highest BCUT2D eigenvalue weighted by Crippen LogP contribution is 2.28. The molecule has 0 aliphatic carbocycles. The van der Waals surface area contributed by atoms with E-state index in [0.717, 1.165) is 26.1 Å². The highest BCUT2D eigenvalue weighted by Gasteiger charge is 2.24. The molecular formula is C17H21NO4S. The molecule has 2 aliphatic heterocycles. The number of allylic oxidation sites excluding steroid dienone is 1. The second-order valence-corrected chi connectivity index (χ2v) is 8.11. The van der Waals surface area contributed by atoms with Crippen LogP contribution in [0.1, 0.15) is 35.2 Å². The smallest absolute Gasteiger partial charge is 0.251 e. The third-order valence-corrected chi connectivity index (χ3v) is 6.17. The predicted octanol–water partition coefficient (Wildman–Crippen LogP) is 2.00. The van der Waals surface area contributed by atoms with Crippen molar-refractivity contribution in [3.63, 3.8) is 0 Å². The van der Waals surface area contributed by atoms with Crippen LogP contribution in [0, 0.1) is 5.92 Å². The third-order valence-electron chi connectivity index (χ3n) is 4.32. The monoisotopic (exact) mass is 335 g/mol. The summed E-state index contributed by atoms with van der Waals surface area (Å²) in [5, 5.41) is 2.90. The fraction of sp³-hybridized carbons (Fsp3) is 0.471. The lowest BCUT2D eigenvalue weighted by Gasteiger charge is -2.10. The van der Waals surface area contributed by atoms with E-state index in [2.05, 4.69) is 5.32 Å². The Hall–Kier alpha value is -1.66.